The Morgan fingerprint density at radius 3 is 2.55 bits per heavy atom. The third-order valence-electron chi connectivity index (χ3n) is 8.79. The number of likely N-dealkylation sites (tertiary alicyclic amines) is 1. The number of piperazine rings is 1. The summed E-state index contributed by atoms with van der Waals surface area (Å²) in [7, 11) is 2.14. The fraction of sp³-hybridized carbons (Fsp3) is 0.586. The number of thiazole rings is 1. The van der Waals surface area contributed by atoms with Gasteiger partial charge < -0.3 is 24.8 Å². The monoisotopic (exact) mass is 585 g/mol. The molecule has 2 amide bonds. The van der Waals surface area contributed by atoms with Gasteiger partial charge in [0.05, 0.1) is 11.1 Å². The Labute approximate surface area is 243 Å². The van der Waals surface area contributed by atoms with Crippen LogP contribution in [0.5, 0.6) is 0 Å². The number of nitrogens with zero attached hydrogens (tertiary/aromatic N) is 4. The van der Waals surface area contributed by atoms with Gasteiger partial charge >= 0.3 is 0 Å². The molecule has 4 aliphatic rings. The van der Waals surface area contributed by atoms with Crippen LogP contribution in [0, 0.1) is 5.92 Å². The van der Waals surface area contributed by atoms with Crippen LogP contribution in [0.1, 0.15) is 42.5 Å². The third-order valence-corrected chi connectivity index (χ3v) is 10.1. The number of nitrogens with one attached hydrogen (secondary N) is 1. The van der Waals surface area contributed by atoms with Crippen molar-refractivity contribution < 1.29 is 19.1 Å². The standard InChI is InChI=1S/C29H36ClN5O4S/c1-33-11-13-34(14-12-33)29-31-22(17-40-29)18-7-9-20(10-8-18)27(37)32-24(19-5-3-2-4-6-19)28(38)35-15-21(30)26-25(35)23(36)16-39-26/h7-10,17,19,21,24-26H,2-6,11-16H2,1H3,(H,32,37)/t21-,24?,25-,26-/m1/s1. The van der Waals surface area contributed by atoms with Gasteiger partial charge in [0.1, 0.15) is 24.8 Å². The van der Waals surface area contributed by atoms with Crippen LogP contribution in [0.2, 0.25) is 0 Å². The van der Waals surface area contributed by atoms with Gasteiger partial charge in [-0.05, 0) is 37.9 Å². The minimum atomic E-state index is -0.701. The molecule has 1 aliphatic carbocycles. The lowest BCUT2D eigenvalue weighted by molar-refractivity contribution is -0.139. The maximum absolute atomic E-state index is 13.9. The zero-order valence-corrected chi connectivity index (χ0v) is 24.3. The first-order valence-corrected chi connectivity index (χ1v) is 15.6. The maximum Gasteiger partial charge on any atom is 0.251 e. The number of aromatic nitrogens is 1. The molecule has 40 heavy (non-hydrogen) atoms. The molecule has 0 radical (unpaired) electrons. The number of halogens is 1. The zero-order valence-electron chi connectivity index (χ0n) is 22.8. The molecular formula is C29H36ClN5O4S. The summed E-state index contributed by atoms with van der Waals surface area (Å²) in [6, 6.07) is 6.03. The average Bonchev–Trinajstić information content (AvgIpc) is 3.70. The summed E-state index contributed by atoms with van der Waals surface area (Å²) in [5.41, 5.74) is 2.33. The summed E-state index contributed by atoms with van der Waals surface area (Å²) in [5, 5.41) is 5.70. The first-order chi connectivity index (χ1) is 19.4. The molecule has 2 aromatic rings. The van der Waals surface area contributed by atoms with Crippen LogP contribution >= 0.6 is 22.9 Å². The topological polar surface area (TPSA) is 95.1 Å². The number of Topliss-reactive ketones (excluding diaryl/α,β-unsaturated/α-hetero) is 1. The first-order valence-electron chi connectivity index (χ1n) is 14.3. The maximum atomic E-state index is 13.9. The molecule has 1 aromatic heterocycles. The molecular weight excluding hydrogens is 550 g/mol. The number of alkyl halides is 1. The number of hydrogen-bond donors (Lipinski definition) is 1. The van der Waals surface area contributed by atoms with Crippen molar-refractivity contribution in [1.82, 2.24) is 20.1 Å². The van der Waals surface area contributed by atoms with E-state index in [1.807, 2.05) is 12.1 Å². The predicted molar refractivity (Wildman–Crippen MR) is 155 cm³/mol. The van der Waals surface area contributed by atoms with Crippen LogP contribution in [0.3, 0.4) is 0 Å². The first kappa shape index (κ1) is 27.6. The predicted octanol–water partition coefficient (Wildman–Crippen LogP) is 3.03. The normalized spacial score (nSPS) is 26.6. The van der Waals surface area contributed by atoms with Crippen molar-refractivity contribution in [2.75, 3.05) is 51.3 Å². The largest absolute Gasteiger partial charge is 0.366 e. The quantitative estimate of drug-likeness (QED) is 0.521. The van der Waals surface area contributed by atoms with E-state index in [1.54, 1.807) is 28.4 Å². The summed E-state index contributed by atoms with van der Waals surface area (Å²) in [5.74, 6) is -0.617. The van der Waals surface area contributed by atoms with E-state index in [4.69, 9.17) is 21.3 Å². The van der Waals surface area contributed by atoms with Gasteiger partial charge in [0.2, 0.25) is 5.91 Å². The molecule has 0 bridgehead atoms. The summed E-state index contributed by atoms with van der Waals surface area (Å²) < 4.78 is 5.57. The van der Waals surface area contributed by atoms with Crippen molar-refractivity contribution in [3.63, 3.8) is 0 Å². The molecule has 1 unspecified atom stereocenters. The van der Waals surface area contributed by atoms with E-state index in [-0.39, 0.29) is 36.7 Å². The molecule has 1 aromatic carbocycles. The van der Waals surface area contributed by atoms with E-state index >= 15 is 0 Å². The smallest absolute Gasteiger partial charge is 0.251 e. The number of carbonyl (C=O) groups excluding carboxylic acids is 3. The third kappa shape index (κ3) is 5.51. The number of likely N-dealkylation sites (N-methyl/N-ethyl adjacent to an activating group) is 1. The molecule has 214 valence electrons. The number of carbonyl (C=O) groups is 3. The molecule has 4 fully saturated rings. The van der Waals surface area contributed by atoms with E-state index in [0.29, 0.717) is 5.56 Å². The summed E-state index contributed by atoms with van der Waals surface area (Å²) >= 11 is 8.10. The molecule has 3 saturated heterocycles. The van der Waals surface area contributed by atoms with Crippen molar-refractivity contribution in [3.8, 4) is 11.3 Å². The number of ketones is 1. The van der Waals surface area contributed by atoms with Crippen molar-refractivity contribution in [1.29, 1.82) is 0 Å². The molecule has 9 nitrogen and oxygen atoms in total. The highest BCUT2D eigenvalue weighted by molar-refractivity contribution is 7.14. The van der Waals surface area contributed by atoms with Crippen molar-refractivity contribution >= 4 is 45.7 Å². The number of anilines is 1. The number of ether oxygens (including phenoxy) is 1. The Morgan fingerprint density at radius 1 is 1.10 bits per heavy atom. The van der Waals surface area contributed by atoms with Gasteiger partial charge in [-0.1, -0.05) is 31.4 Å². The fourth-order valence-electron chi connectivity index (χ4n) is 6.41. The Hall–Kier alpha value is -2.53. The Morgan fingerprint density at radius 2 is 1.82 bits per heavy atom. The van der Waals surface area contributed by atoms with E-state index in [0.717, 1.165) is 74.7 Å². The minimum Gasteiger partial charge on any atom is -0.366 e. The lowest BCUT2D eigenvalue weighted by atomic mass is 9.83. The van der Waals surface area contributed by atoms with Crippen LogP contribution in [0.25, 0.3) is 11.3 Å². The van der Waals surface area contributed by atoms with Gasteiger partial charge in [0, 0.05) is 49.2 Å². The number of benzene rings is 1. The highest BCUT2D eigenvalue weighted by Gasteiger charge is 2.53. The highest BCUT2D eigenvalue weighted by atomic mass is 35.5. The summed E-state index contributed by atoms with van der Waals surface area (Å²) in [4.78, 5) is 50.9. The van der Waals surface area contributed by atoms with Gasteiger partial charge in [0.15, 0.2) is 10.9 Å². The summed E-state index contributed by atoms with van der Waals surface area (Å²) in [6.45, 7) is 4.21. The van der Waals surface area contributed by atoms with Crippen LogP contribution in [-0.2, 0) is 14.3 Å². The Kier molecular flexibility index (Phi) is 8.12. The lowest BCUT2D eigenvalue weighted by Crippen LogP contribution is -2.55. The van der Waals surface area contributed by atoms with E-state index in [1.165, 1.54) is 0 Å². The van der Waals surface area contributed by atoms with E-state index < -0.39 is 23.6 Å². The van der Waals surface area contributed by atoms with Crippen LogP contribution < -0.4 is 10.2 Å². The molecule has 4 atom stereocenters. The molecule has 4 heterocycles. The van der Waals surface area contributed by atoms with Gasteiger partial charge in [-0.25, -0.2) is 4.98 Å². The highest BCUT2D eigenvalue weighted by Crippen LogP contribution is 2.34. The number of rotatable bonds is 6. The molecule has 6 rings (SSSR count). The Balaban J connectivity index is 1.16. The van der Waals surface area contributed by atoms with Crippen LogP contribution in [0.15, 0.2) is 29.6 Å². The van der Waals surface area contributed by atoms with Crippen LogP contribution in [-0.4, -0.2) is 102 Å². The van der Waals surface area contributed by atoms with Gasteiger partial charge in [0.25, 0.3) is 5.91 Å². The Bertz CT molecular complexity index is 1240. The van der Waals surface area contributed by atoms with Gasteiger partial charge in [-0.15, -0.1) is 22.9 Å². The second-order valence-electron chi connectivity index (χ2n) is 11.4. The molecule has 1 N–H and O–H groups in total. The van der Waals surface area contributed by atoms with E-state index in [9.17, 15) is 14.4 Å². The minimum absolute atomic E-state index is 0.0228. The summed E-state index contributed by atoms with van der Waals surface area (Å²) in [6.07, 6.45) is 4.43. The molecule has 1 saturated carbocycles. The fourth-order valence-corrected chi connectivity index (χ4v) is 7.66. The number of fused-ring (bicyclic) bond motifs is 1. The second-order valence-corrected chi connectivity index (χ2v) is 12.8. The zero-order chi connectivity index (χ0) is 27.8. The number of amides is 2. The van der Waals surface area contributed by atoms with Crippen LogP contribution in [0.4, 0.5) is 5.13 Å². The molecule has 0 spiro atoms. The van der Waals surface area contributed by atoms with Crippen molar-refractivity contribution in [3.05, 3.63) is 35.2 Å². The van der Waals surface area contributed by atoms with Crippen molar-refractivity contribution in [2.45, 2.75) is 55.7 Å². The van der Waals surface area contributed by atoms with Crippen molar-refractivity contribution in [2.24, 2.45) is 5.92 Å². The number of hydrogen-bond acceptors (Lipinski definition) is 8. The molecule has 3 aliphatic heterocycles. The van der Waals surface area contributed by atoms with Gasteiger partial charge in [-0.2, -0.15) is 0 Å². The molecule has 11 heteroatoms. The van der Waals surface area contributed by atoms with Gasteiger partial charge in [-0.3, -0.25) is 14.4 Å². The average molecular weight is 586 g/mol. The lowest BCUT2D eigenvalue weighted by Gasteiger charge is -2.34. The van der Waals surface area contributed by atoms with E-state index in [2.05, 4.69) is 27.5 Å². The second kappa shape index (κ2) is 11.8. The SMILES string of the molecule is CN1CCN(c2nc(-c3ccc(C(=O)NC(C(=O)N4C[C@@H](Cl)[C@H]5OCC(=O)[C@H]54)C4CCCCC4)cc3)cs2)CC1.